The molecule has 3 rings (SSSR count). The highest BCUT2D eigenvalue weighted by Gasteiger charge is 2.23. The molecule has 1 aromatic carbocycles. The molecule has 1 heterocycles. The molecular weight excluding hydrogens is 512 g/mol. The molecule has 31 heavy (non-hydrogen) atoms. The number of aliphatic imine (C=N–C) groups is 1. The van der Waals surface area contributed by atoms with Gasteiger partial charge in [-0.25, -0.2) is 9.38 Å². The molecular formula is C22H33FIN5O2. The summed E-state index contributed by atoms with van der Waals surface area (Å²) in [6.07, 6.45) is 2.35. The number of rotatable bonds is 8. The fraction of sp³-hybridized carbons (Fsp3) is 0.591. The van der Waals surface area contributed by atoms with Crippen molar-refractivity contribution in [2.75, 3.05) is 13.2 Å². The smallest absolute Gasteiger partial charge is 0.232 e. The fourth-order valence-corrected chi connectivity index (χ4v) is 2.78. The zero-order valence-corrected chi connectivity index (χ0v) is 21.2. The Bertz CT molecular complexity index is 877. The van der Waals surface area contributed by atoms with Crippen molar-refractivity contribution in [1.82, 2.24) is 20.8 Å². The van der Waals surface area contributed by atoms with E-state index in [1.807, 2.05) is 40.7 Å². The summed E-state index contributed by atoms with van der Waals surface area (Å²) in [4.78, 5) is 8.93. The molecule has 1 fully saturated rings. The average Bonchev–Trinajstić information content (AvgIpc) is 3.38. The van der Waals surface area contributed by atoms with Gasteiger partial charge in [0.15, 0.2) is 23.4 Å². The quantitative estimate of drug-likeness (QED) is 0.284. The first kappa shape index (κ1) is 25.4. The summed E-state index contributed by atoms with van der Waals surface area (Å²) in [7, 11) is 0. The third-order valence-corrected chi connectivity index (χ3v) is 4.81. The van der Waals surface area contributed by atoms with E-state index in [0.717, 1.165) is 5.56 Å². The van der Waals surface area contributed by atoms with Crippen molar-refractivity contribution in [3.05, 3.63) is 41.3 Å². The topological polar surface area (TPSA) is 84.6 Å². The third kappa shape index (κ3) is 7.62. The SMILES string of the molecule is CCNC(=NCc1noc(C(C)(C)C)n1)NC(C)c1ccc(OCC2CC2)c(F)c1.I. The number of nitrogens with one attached hydrogen (secondary N) is 2. The highest BCUT2D eigenvalue weighted by molar-refractivity contribution is 14.0. The van der Waals surface area contributed by atoms with Crippen molar-refractivity contribution < 1.29 is 13.7 Å². The van der Waals surface area contributed by atoms with Crippen LogP contribution in [-0.2, 0) is 12.0 Å². The van der Waals surface area contributed by atoms with Crippen molar-refractivity contribution in [3.8, 4) is 5.75 Å². The van der Waals surface area contributed by atoms with E-state index in [0.29, 0.717) is 42.5 Å². The summed E-state index contributed by atoms with van der Waals surface area (Å²) in [6.45, 7) is 11.6. The Morgan fingerprint density at radius 2 is 2.10 bits per heavy atom. The van der Waals surface area contributed by atoms with E-state index >= 15 is 0 Å². The minimum atomic E-state index is -0.342. The van der Waals surface area contributed by atoms with E-state index in [2.05, 4.69) is 25.8 Å². The molecule has 1 saturated carbocycles. The summed E-state index contributed by atoms with van der Waals surface area (Å²) in [5.41, 5.74) is 0.608. The molecule has 1 aliphatic rings. The van der Waals surface area contributed by atoms with Crippen molar-refractivity contribution in [3.63, 3.8) is 0 Å². The van der Waals surface area contributed by atoms with Crippen LogP contribution in [0.1, 0.15) is 70.8 Å². The Hall–Kier alpha value is -1.91. The van der Waals surface area contributed by atoms with Crippen molar-refractivity contribution in [1.29, 1.82) is 0 Å². The predicted octanol–water partition coefficient (Wildman–Crippen LogP) is 4.73. The first-order chi connectivity index (χ1) is 14.3. The number of hydrogen-bond acceptors (Lipinski definition) is 5. The number of guanidine groups is 1. The summed E-state index contributed by atoms with van der Waals surface area (Å²) in [5.74, 6) is 2.26. The number of aromatic nitrogens is 2. The van der Waals surface area contributed by atoms with Crippen LogP contribution < -0.4 is 15.4 Å². The summed E-state index contributed by atoms with van der Waals surface area (Å²) >= 11 is 0. The van der Waals surface area contributed by atoms with Crippen LogP contribution in [0.4, 0.5) is 4.39 Å². The molecule has 0 radical (unpaired) electrons. The highest BCUT2D eigenvalue weighted by atomic mass is 127. The number of halogens is 2. The van der Waals surface area contributed by atoms with Crippen LogP contribution >= 0.6 is 24.0 Å². The standard InChI is InChI=1S/C22H32FN5O2.HI/c1-6-24-21(25-12-19-27-20(30-28-19)22(3,4)5)26-14(2)16-9-10-18(17(23)11-16)29-13-15-7-8-15;/h9-11,14-15H,6-8,12-13H2,1-5H3,(H2,24,25,26);1H. The van der Waals surface area contributed by atoms with Crippen LogP contribution in [0.15, 0.2) is 27.7 Å². The second-order valence-corrected chi connectivity index (χ2v) is 8.77. The molecule has 9 heteroatoms. The molecule has 1 unspecified atom stereocenters. The summed E-state index contributed by atoms with van der Waals surface area (Å²) in [5, 5.41) is 10.5. The van der Waals surface area contributed by atoms with Gasteiger partial charge in [0, 0.05) is 12.0 Å². The van der Waals surface area contributed by atoms with Gasteiger partial charge in [0.25, 0.3) is 0 Å². The van der Waals surface area contributed by atoms with E-state index in [9.17, 15) is 4.39 Å². The second-order valence-electron chi connectivity index (χ2n) is 8.77. The summed E-state index contributed by atoms with van der Waals surface area (Å²) < 4.78 is 25.3. The first-order valence-corrected chi connectivity index (χ1v) is 10.6. The molecule has 1 aromatic heterocycles. The molecule has 1 atom stereocenters. The number of ether oxygens (including phenoxy) is 1. The van der Waals surface area contributed by atoms with Crippen molar-refractivity contribution in [2.24, 2.45) is 10.9 Å². The predicted molar refractivity (Wildman–Crippen MR) is 129 cm³/mol. The summed E-state index contributed by atoms with van der Waals surface area (Å²) in [6, 6.07) is 4.94. The maximum absolute atomic E-state index is 14.4. The Morgan fingerprint density at radius 1 is 1.35 bits per heavy atom. The van der Waals surface area contributed by atoms with Crippen LogP contribution in [0.2, 0.25) is 0 Å². The van der Waals surface area contributed by atoms with E-state index in [1.54, 1.807) is 6.07 Å². The maximum atomic E-state index is 14.4. The number of benzene rings is 1. The van der Waals surface area contributed by atoms with Gasteiger partial charge in [-0.1, -0.05) is 32.0 Å². The van der Waals surface area contributed by atoms with Gasteiger partial charge in [-0.15, -0.1) is 24.0 Å². The average molecular weight is 545 g/mol. The van der Waals surface area contributed by atoms with Crippen molar-refractivity contribution >= 4 is 29.9 Å². The molecule has 0 bridgehead atoms. The van der Waals surface area contributed by atoms with Crippen LogP contribution in [0, 0.1) is 11.7 Å². The number of nitrogens with zero attached hydrogens (tertiary/aromatic N) is 3. The van der Waals surface area contributed by atoms with Gasteiger partial charge >= 0.3 is 0 Å². The van der Waals surface area contributed by atoms with Gasteiger partial charge in [-0.3, -0.25) is 0 Å². The Kier molecular flexibility index (Phi) is 9.08. The van der Waals surface area contributed by atoms with Crippen LogP contribution in [0.25, 0.3) is 0 Å². The third-order valence-electron chi connectivity index (χ3n) is 4.81. The number of hydrogen-bond donors (Lipinski definition) is 2. The second kappa shape index (κ2) is 11.1. The highest BCUT2D eigenvalue weighted by Crippen LogP contribution is 2.30. The van der Waals surface area contributed by atoms with Gasteiger partial charge in [-0.2, -0.15) is 4.98 Å². The Balaban J connectivity index is 0.00000341. The lowest BCUT2D eigenvalue weighted by Crippen LogP contribution is -2.38. The molecule has 7 nitrogen and oxygen atoms in total. The minimum Gasteiger partial charge on any atom is -0.490 e. The molecule has 172 valence electrons. The van der Waals surface area contributed by atoms with Crippen molar-refractivity contribution in [2.45, 2.75) is 65.5 Å². The van der Waals surface area contributed by atoms with Gasteiger partial charge in [0.05, 0.1) is 12.6 Å². The molecule has 2 aromatic rings. The zero-order valence-electron chi connectivity index (χ0n) is 18.9. The molecule has 0 saturated heterocycles. The van der Waals surface area contributed by atoms with Crippen LogP contribution in [-0.4, -0.2) is 29.3 Å². The lowest BCUT2D eigenvalue weighted by atomic mass is 9.97. The molecule has 0 aliphatic heterocycles. The van der Waals surface area contributed by atoms with E-state index in [4.69, 9.17) is 9.26 Å². The largest absolute Gasteiger partial charge is 0.490 e. The lowest BCUT2D eigenvalue weighted by Gasteiger charge is -2.18. The molecule has 0 spiro atoms. The van der Waals surface area contributed by atoms with Gasteiger partial charge in [-0.05, 0) is 50.3 Å². The van der Waals surface area contributed by atoms with Gasteiger partial charge in [0.1, 0.15) is 6.54 Å². The maximum Gasteiger partial charge on any atom is 0.232 e. The van der Waals surface area contributed by atoms with E-state index in [-0.39, 0.29) is 47.8 Å². The lowest BCUT2D eigenvalue weighted by molar-refractivity contribution is 0.285. The molecule has 2 N–H and O–H groups in total. The Morgan fingerprint density at radius 3 is 2.68 bits per heavy atom. The van der Waals surface area contributed by atoms with Crippen LogP contribution in [0.5, 0.6) is 5.75 Å². The first-order valence-electron chi connectivity index (χ1n) is 10.6. The normalized spacial score (nSPS) is 15.2. The van der Waals surface area contributed by atoms with E-state index in [1.165, 1.54) is 18.9 Å². The molecule has 1 aliphatic carbocycles. The minimum absolute atomic E-state index is 0. The zero-order chi connectivity index (χ0) is 21.7. The van der Waals surface area contributed by atoms with Gasteiger partial charge < -0.3 is 19.9 Å². The van der Waals surface area contributed by atoms with Gasteiger partial charge in [0.2, 0.25) is 5.89 Å². The molecule has 0 amide bonds. The Labute approximate surface area is 200 Å². The van der Waals surface area contributed by atoms with E-state index < -0.39 is 0 Å². The fourth-order valence-electron chi connectivity index (χ4n) is 2.78. The monoisotopic (exact) mass is 545 g/mol. The van der Waals surface area contributed by atoms with Crippen LogP contribution in [0.3, 0.4) is 0 Å².